The van der Waals surface area contributed by atoms with Gasteiger partial charge in [0.05, 0.1) is 0 Å². The van der Waals surface area contributed by atoms with Crippen molar-refractivity contribution in [2.24, 2.45) is 17.8 Å². The van der Waals surface area contributed by atoms with Gasteiger partial charge in [-0.1, -0.05) is 45.4 Å². The molecule has 1 aromatic rings. The first-order chi connectivity index (χ1) is 10.0. The van der Waals surface area contributed by atoms with Crippen LogP contribution in [0.2, 0.25) is 0 Å². The fourth-order valence-corrected chi connectivity index (χ4v) is 3.51. The van der Waals surface area contributed by atoms with Crippen LogP contribution in [0.1, 0.15) is 58.6 Å². The first-order valence-corrected chi connectivity index (χ1v) is 8.45. The highest BCUT2D eigenvalue weighted by Crippen LogP contribution is 2.37. The minimum Gasteiger partial charge on any atom is -0.490 e. The summed E-state index contributed by atoms with van der Waals surface area (Å²) in [6.07, 6.45) is 4.19. The highest BCUT2D eigenvalue weighted by molar-refractivity contribution is 5.35. The highest BCUT2D eigenvalue weighted by Gasteiger charge is 2.32. The zero-order valence-corrected chi connectivity index (χ0v) is 14.2. The first kappa shape index (κ1) is 16.4. The summed E-state index contributed by atoms with van der Waals surface area (Å²) in [6.45, 7) is 9.21. The molecule has 0 radical (unpaired) electrons. The quantitative estimate of drug-likeness (QED) is 0.840. The molecule has 1 aromatic carbocycles. The maximum atomic E-state index is 6.51. The van der Waals surface area contributed by atoms with E-state index in [0.29, 0.717) is 24.0 Å². The van der Waals surface area contributed by atoms with Crippen LogP contribution in [0.3, 0.4) is 0 Å². The fourth-order valence-electron chi connectivity index (χ4n) is 3.51. The highest BCUT2D eigenvalue weighted by atomic mass is 16.5. The van der Waals surface area contributed by atoms with E-state index < -0.39 is 0 Å². The van der Waals surface area contributed by atoms with Crippen LogP contribution in [0.4, 0.5) is 0 Å². The van der Waals surface area contributed by atoms with Crippen molar-refractivity contribution in [3.8, 4) is 5.75 Å². The molecule has 0 spiro atoms. The number of nitrogens with one attached hydrogen (secondary N) is 1. The number of para-hydroxylation sites is 1. The van der Waals surface area contributed by atoms with Gasteiger partial charge in [0, 0.05) is 11.6 Å². The average Bonchev–Trinajstić information content (AvgIpc) is 2.47. The van der Waals surface area contributed by atoms with Gasteiger partial charge in [0.1, 0.15) is 11.9 Å². The molecule has 2 nitrogen and oxygen atoms in total. The minimum atomic E-state index is 0.319. The lowest BCUT2D eigenvalue weighted by molar-refractivity contribution is 0.0450. The molecule has 0 bridgehead atoms. The smallest absolute Gasteiger partial charge is 0.124 e. The third-order valence-electron chi connectivity index (χ3n) is 5.06. The average molecular weight is 289 g/mol. The van der Waals surface area contributed by atoms with Crippen molar-refractivity contribution in [1.29, 1.82) is 0 Å². The van der Waals surface area contributed by atoms with Crippen molar-refractivity contribution in [3.63, 3.8) is 0 Å². The molecule has 0 heterocycles. The van der Waals surface area contributed by atoms with Crippen molar-refractivity contribution in [1.82, 2.24) is 5.32 Å². The standard InChI is InChI=1S/C19H31NO/c1-13(2)16-11-10-14(3)12-19(16)21-18-9-7-6-8-17(18)15(4)20-5/h6-9,13-16,19-20H,10-12H2,1-5H3. The maximum Gasteiger partial charge on any atom is 0.124 e. The first-order valence-electron chi connectivity index (χ1n) is 8.45. The normalized spacial score (nSPS) is 27.6. The number of ether oxygens (including phenoxy) is 1. The van der Waals surface area contributed by atoms with Gasteiger partial charge in [0.15, 0.2) is 0 Å². The molecule has 1 N–H and O–H groups in total. The molecule has 0 saturated heterocycles. The molecule has 1 aliphatic rings. The number of benzene rings is 1. The molecule has 4 unspecified atom stereocenters. The zero-order chi connectivity index (χ0) is 15.4. The second-order valence-electron chi connectivity index (χ2n) is 7.03. The Labute approximate surface area is 130 Å². The van der Waals surface area contributed by atoms with Gasteiger partial charge in [-0.3, -0.25) is 0 Å². The Balaban J connectivity index is 2.19. The van der Waals surface area contributed by atoms with Crippen LogP contribution < -0.4 is 10.1 Å². The van der Waals surface area contributed by atoms with E-state index in [2.05, 4.69) is 57.3 Å². The van der Waals surface area contributed by atoms with Gasteiger partial charge in [-0.25, -0.2) is 0 Å². The minimum absolute atomic E-state index is 0.319. The lowest BCUT2D eigenvalue weighted by Gasteiger charge is -2.38. The second-order valence-corrected chi connectivity index (χ2v) is 7.03. The van der Waals surface area contributed by atoms with Crippen LogP contribution >= 0.6 is 0 Å². The summed E-state index contributed by atoms with van der Waals surface area (Å²) in [5.41, 5.74) is 1.26. The van der Waals surface area contributed by atoms with E-state index in [0.717, 1.165) is 11.7 Å². The van der Waals surface area contributed by atoms with Gasteiger partial charge in [-0.2, -0.15) is 0 Å². The largest absolute Gasteiger partial charge is 0.490 e. The maximum absolute atomic E-state index is 6.51. The van der Waals surface area contributed by atoms with Crippen LogP contribution in [-0.4, -0.2) is 13.2 Å². The van der Waals surface area contributed by atoms with Crippen LogP contribution in [-0.2, 0) is 0 Å². The van der Waals surface area contributed by atoms with Gasteiger partial charge in [-0.15, -0.1) is 0 Å². The van der Waals surface area contributed by atoms with Crippen LogP contribution in [0.25, 0.3) is 0 Å². The van der Waals surface area contributed by atoms with Crippen LogP contribution in [0.15, 0.2) is 24.3 Å². The van der Waals surface area contributed by atoms with Crippen LogP contribution in [0.5, 0.6) is 5.75 Å². The summed E-state index contributed by atoms with van der Waals surface area (Å²) in [6, 6.07) is 8.80. The topological polar surface area (TPSA) is 21.3 Å². The molecular weight excluding hydrogens is 258 g/mol. The monoisotopic (exact) mass is 289 g/mol. The molecule has 2 rings (SSSR count). The van der Waals surface area contributed by atoms with Gasteiger partial charge in [0.25, 0.3) is 0 Å². The number of hydrogen-bond acceptors (Lipinski definition) is 2. The van der Waals surface area contributed by atoms with E-state index in [4.69, 9.17) is 4.74 Å². The van der Waals surface area contributed by atoms with E-state index in [1.54, 1.807) is 0 Å². The summed E-state index contributed by atoms with van der Waals surface area (Å²) in [5.74, 6) is 3.21. The molecule has 1 fully saturated rings. The van der Waals surface area contributed by atoms with Gasteiger partial charge < -0.3 is 10.1 Å². The molecular formula is C19H31NO. The fraction of sp³-hybridized carbons (Fsp3) is 0.684. The Bertz CT molecular complexity index is 443. The van der Waals surface area contributed by atoms with Crippen molar-refractivity contribution in [3.05, 3.63) is 29.8 Å². The third-order valence-corrected chi connectivity index (χ3v) is 5.06. The Morgan fingerprint density at radius 3 is 2.52 bits per heavy atom. The van der Waals surface area contributed by atoms with Crippen molar-refractivity contribution in [2.75, 3.05) is 7.05 Å². The zero-order valence-electron chi connectivity index (χ0n) is 14.2. The molecule has 0 aromatic heterocycles. The summed E-state index contributed by atoms with van der Waals surface area (Å²) >= 11 is 0. The Morgan fingerprint density at radius 2 is 1.86 bits per heavy atom. The van der Waals surface area contributed by atoms with Crippen LogP contribution in [0, 0.1) is 17.8 Å². The number of hydrogen-bond donors (Lipinski definition) is 1. The van der Waals surface area contributed by atoms with E-state index in [-0.39, 0.29) is 0 Å². The third kappa shape index (κ3) is 4.00. The molecule has 21 heavy (non-hydrogen) atoms. The van der Waals surface area contributed by atoms with E-state index in [9.17, 15) is 0 Å². The Morgan fingerprint density at radius 1 is 1.14 bits per heavy atom. The summed E-state index contributed by atoms with van der Waals surface area (Å²) in [7, 11) is 2.00. The molecule has 2 heteroatoms. The molecule has 0 amide bonds. The van der Waals surface area contributed by atoms with Gasteiger partial charge in [0.2, 0.25) is 0 Å². The lowest BCUT2D eigenvalue weighted by Crippen LogP contribution is -2.36. The van der Waals surface area contributed by atoms with E-state index in [1.165, 1.54) is 24.8 Å². The van der Waals surface area contributed by atoms with E-state index in [1.807, 2.05) is 7.05 Å². The van der Waals surface area contributed by atoms with Crippen molar-refractivity contribution >= 4 is 0 Å². The predicted octanol–water partition coefficient (Wildman–Crippen LogP) is 4.81. The lowest BCUT2D eigenvalue weighted by atomic mass is 9.75. The predicted molar refractivity (Wildman–Crippen MR) is 89.7 cm³/mol. The SMILES string of the molecule is CNC(C)c1ccccc1OC1CC(C)CCC1C(C)C. The summed E-state index contributed by atoms with van der Waals surface area (Å²) in [5, 5.41) is 3.32. The van der Waals surface area contributed by atoms with Crippen molar-refractivity contribution < 1.29 is 4.74 Å². The summed E-state index contributed by atoms with van der Waals surface area (Å²) < 4.78 is 6.51. The molecule has 0 aliphatic heterocycles. The van der Waals surface area contributed by atoms with E-state index >= 15 is 0 Å². The van der Waals surface area contributed by atoms with Gasteiger partial charge >= 0.3 is 0 Å². The summed E-state index contributed by atoms with van der Waals surface area (Å²) in [4.78, 5) is 0. The Kier molecular flexibility index (Phi) is 5.69. The Hall–Kier alpha value is -1.02. The van der Waals surface area contributed by atoms with Crippen molar-refractivity contribution in [2.45, 2.75) is 59.1 Å². The molecule has 4 atom stereocenters. The molecule has 1 saturated carbocycles. The van der Waals surface area contributed by atoms with Gasteiger partial charge in [-0.05, 0) is 50.6 Å². The molecule has 1 aliphatic carbocycles. The number of rotatable bonds is 5. The second kappa shape index (κ2) is 7.31. The molecule has 118 valence electrons.